The molecule has 2 nitrogen and oxygen atoms in total. The Morgan fingerprint density at radius 1 is 0.944 bits per heavy atom. The van der Waals surface area contributed by atoms with Gasteiger partial charge in [-0.1, -0.05) is 50.7 Å². The largest absolute Gasteiger partial charge is 0.395 e. The van der Waals surface area contributed by atoms with Gasteiger partial charge in [0.25, 0.3) is 0 Å². The van der Waals surface area contributed by atoms with Gasteiger partial charge in [-0.3, -0.25) is 0 Å². The molecule has 0 aliphatic heterocycles. The van der Waals surface area contributed by atoms with E-state index in [-0.39, 0.29) is 0 Å². The second kappa shape index (κ2) is 10.8. The molecule has 0 atom stereocenters. The quantitative estimate of drug-likeness (QED) is 0.298. The van der Waals surface area contributed by atoms with Gasteiger partial charge in [0, 0.05) is 6.61 Å². The number of rotatable bonds is 11. The van der Waals surface area contributed by atoms with Crippen molar-refractivity contribution in [1.29, 1.82) is 0 Å². The topological polar surface area (TPSA) is 18.5 Å². The fourth-order valence-corrected chi connectivity index (χ4v) is 2.85. The molecule has 0 aromatic rings. The van der Waals surface area contributed by atoms with Crippen LogP contribution in [0.5, 0.6) is 0 Å². The third-order valence-corrected chi connectivity index (χ3v) is 4.63. The summed E-state index contributed by atoms with van der Waals surface area (Å²) in [7, 11) is -1.89. The van der Waals surface area contributed by atoms with Crippen LogP contribution in [0, 0.1) is 0 Å². The van der Waals surface area contributed by atoms with E-state index >= 15 is 0 Å². The standard InChI is InChI=1S/C15H32O2Si/c1-6-7-8-9-10-11-13-16-18(4,5)17-14-12-15(2)3/h12H,6-11,13-14H2,1-5H3. The lowest BCUT2D eigenvalue weighted by molar-refractivity contribution is 0.190. The summed E-state index contributed by atoms with van der Waals surface area (Å²) in [6.07, 6.45) is 9.97. The van der Waals surface area contributed by atoms with Crippen molar-refractivity contribution < 1.29 is 8.85 Å². The van der Waals surface area contributed by atoms with E-state index in [2.05, 4.69) is 39.9 Å². The number of hydrogen-bond acceptors (Lipinski definition) is 2. The molecule has 18 heavy (non-hydrogen) atoms. The molecule has 108 valence electrons. The van der Waals surface area contributed by atoms with Crippen LogP contribution in [0.3, 0.4) is 0 Å². The Balaban J connectivity index is 3.49. The predicted octanol–water partition coefficient (Wildman–Crippen LogP) is 5.05. The lowest BCUT2D eigenvalue weighted by Gasteiger charge is -2.22. The summed E-state index contributed by atoms with van der Waals surface area (Å²) in [5.74, 6) is 0. The van der Waals surface area contributed by atoms with Crippen molar-refractivity contribution in [1.82, 2.24) is 0 Å². The van der Waals surface area contributed by atoms with Crippen LogP contribution < -0.4 is 0 Å². The first-order valence-electron chi connectivity index (χ1n) is 7.39. The molecule has 0 aromatic heterocycles. The van der Waals surface area contributed by atoms with Crippen molar-refractivity contribution in [2.75, 3.05) is 13.2 Å². The highest BCUT2D eigenvalue weighted by atomic mass is 28.4. The van der Waals surface area contributed by atoms with Crippen LogP contribution in [-0.2, 0) is 8.85 Å². The van der Waals surface area contributed by atoms with Crippen molar-refractivity contribution in [2.24, 2.45) is 0 Å². The molecule has 0 N–H and O–H groups in total. The third kappa shape index (κ3) is 12.3. The lowest BCUT2D eigenvalue weighted by Crippen LogP contribution is -2.35. The highest BCUT2D eigenvalue weighted by Gasteiger charge is 2.23. The molecule has 0 fully saturated rings. The first-order chi connectivity index (χ1) is 8.48. The molecule has 0 spiro atoms. The highest BCUT2D eigenvalue weighted by Crippen LogP contribution is 2.10. The Morgan fingerprint density at radius 2 is 1.56 bits per heavy atom. The fourth-order valence-electron chi connectivity index (χ4n) is 1.65. The van der Waals surface area contributed by atoms with E-state index in [1.165, 1.54) is 44.1 Å². The molecule has 0 saturated carbocycles. The Morgan fingerprint density at radius 3 is 2.17 bits per heavy atom. The van der Waals surface area contributed by atoms with Gasteiger partial charge < -0.3 is 8.85 Å². The summed E-state index contributed by atoms with van der Waals surface area (Å²) in [4.78, 5) is 0. The predicted molar refractivity (Wildman–Crippen MR) is 82.2 cm³/mol. The minimum Gasteiger partial charge on any atom is -0.395 e. The molecule has 0 aromatic carbocycles. The van der Waals surface area contributed by atoms with Crippen LogP contribution in [0.2, 0.25) is 13.1 Å². The van der Waals surface area contributed by atoms with Crippen LogP contribution in [0.15, 0.2) is 11.6 Å². The van der Waals surface area contributed by atoms with Gasteiger partial charge in [0.1, 0.15) is 0 Å². The van der Waals surface area contributed by atoms with Gasteiger partial charge in [0.2, 0.25) is 0 Å². The van der Waals surface area contributed by atoms with E-state index in [0.717, 1.165) is 6.61 Å². The van der Waals surface area contributed by atoms with E-state index < -0.39 is 8.56 Å². The van der Waals surface area contributed by atoms with Crippen LogP contribution in [0.1, 0.15) is 59.3 Å². The maximum absolute atomic E-state index is 5.91. The van der Waals surface area contributed by atoms with Crippen molar-refractivity contribution >= 4 is 8.56 Å². The molecular formula is C15H32O2Si. The van der Waals surface area contributed by atoms with Crippen molar-refractivity contribution in [3.8, 4) is 0 Å². The summed E-state index contributed by atoms with van der Waals surface area (Å²) in [6.45, 7) is 12.2. The molecule has 0 rings (SSSR count). The van der Waals surface area contributed by atoms with Gasteiger partial charge in [0.05, 0.1) is 6.61 Å². The van der Waals surface area contributed by atoms with Crippen LogP contribution >= 0.6 is 0 Å². The average molecular weight is 273 g/mol. The van der Waals surface area contributed by atoms with Crippen molar-refractivity contribution in [2.45, 2.75) is 72.4 Å². The molecule has 0 aliphatic carbocycles. The van der Waals surface area contributed by atoms with Gasteiger partial charge in [-0.2, -0.15) is 0 Å². The zero-order valence-electron chi connectivity index (χ0n) is 13.1. The monoisotopic (exact) mass is 272 g/mol. The Bertz CT molecular complexity index is 221. The maximum Gasteiger partial charge on any atom is 0.331 e. The molecular weight excluding hydrogens is 240 g/mol. The smallest absolute Gasteiger partial charge is 0.331 e. The lowest BCUT2D eigenvalue weighted by atomic mass is 10.1. The highest BCUT2D eigenvalue weighted by molar-refractivity contribution is 6.64. The Kier molecular flexibility index (Phi) is 10.7. The molecule has 0 saturated heterocycles. The minimum absolute atomic E-state index is 0.693. The van der Waals surface area contributed by atoms with E-state index in [1.54, 1.807) is 0 Å². The number of hydrogen-bond donors (Lipinski definition) is 0. The molecule has 0 radical (unpaired) electrons. The second-order valence-electron chi connectivity index (χ2n) is 5.61. The van der Waals surface area contributed by atoms with Gasteiger partial charge in [0.15, 0.2) is 0 Å². The summed E-state index contributed by atoms with van der Waals surface area (Å²) in [5, 5.41) is 0. The van der Waals surface area contributed by atoms with Gasteiger partial charge in [-0.05, 0) is 33.4 Å². The van der Waals surface area contributed by atoms with E-state index in [4.69, 9.17) is 8.85 Å². The zero-order chi connectivity index (χ0) is 13.9. The van der Waals surface area contributed by atoms with Gasteiger partial charge >= 0.3 is 8.56 Å². The van der Waals surface area contributed by atoms with E-state index in [9.17, 15) is 0 Å². The van der Waals surface area contributed by atoms with Crippen molar-refractivity contribution in [3.05, 3.63) is 11.6 Å². The third-order valence-electron chi connectivity index (χ3n) is 2.87. The molecule has 3 heteroatoms. The Hall–Kier alpha value is -0.123. The summed E-state index contributed by atoms with van der Waals surface area (Å²) >= 11 is 0. The second-order valence-corrected chi connectivity index (χ2v) is 8.99. The molecule has 0 bridgehead atoms. The van der Waals surface area contributed by atoms with E-state index in [0.29, 0.717) is 6.61 Å². The average Bonchev–Trinajstić information content (AvgIpc) is 2.27. The number of allylic oxidation sites excluding steroid dienone is 1. The molecule has 0 amide bonds. The minimum atomic E-state index is -1.89. The fraction of sp³-hybridized carbons (Fsp3) is 0.867. The summed E-state index contributed by atoms with van der Waals surface area (Å²) in [6, 6.07) is 0. The molecule has 0 unspecified atom stereocenters. The zero-order valence-corrected chi connectivity index (χ0v) is 14.1. The first kappa shape index (κ1) is 17.9. The first-order valence-corrected chi connectivity index (χ1v) is 10.2. The van der Waals surface area contributed by atoms with E-state index in [1.807, 2.05) is 0 Å². The van der Waals surface area contributed by atoms with Crippen molar-refractivity contribution in [3.63, 3.8) is 0 Å². The maximum atomic E-state index is 5.91. The molecule has 0 heterocycles. The summed E-state index contributed by atoms with van der Waals surface area (Å²) < 4.78 is 11.7. The van der Waals surface area contributed by atoms with Gasteiger partial charge in [-0.15, -0.1) is 0 Å². The SMILES string of the molecule is CCCCCCCCO[Si](C)(C)OCC=C(C)C. The van der Waals surface area contributed by atoms with Crippen LogP contribution in [0.25, 0.3) is 0 Å². The summed E-state index contributed by atoms with van der Waals surface area (Å²) in [5.41, 5.74) is 1.30. The number of unbranched alkanes of at least 4 members (excludes halogenated alkanes) is 5. The Labute approximate surface area is 115 Å². The van der Waals surface area contributed by atoms with Crippen LogP contribution in [0.4, 0.5) is 0 Å². The normalized spacial score (nSPS) is 11.6. The molecule has 0 aliphatic rings. The van der Waals surface area contributed by atoms with Crippen LogP contribution in [-0.4, -0.2) is 21.8 Å². The van der Waals surface area contributed by atoms with Gasteiger partial charge in [-0.25, -0.2) is 0 Å².